The standard InChI is InChI=1S/C33H31NO5/c1-32(2,3)22-16-19(17-23(30(22)37)33(4,5)6)31(38)39-25-13-9-10-18-14-15-24(34-27(18)25)26-28(35)20-11-7-8-12-21(20)29(26)36/h7-17,26,37H,1-6H3. The highest BCUT2D eigenvalue weighted by Crippen LogP contribution is 2.40. The molecule has 1 aromatic heterocycles. The van der Waals surface area contributed by atoms with Gasteiger partial charge in [0, 0.05) is 27.6 Å². The van der Waals surface area contributed by atoms with Crippen LogP contribution in [0.4, 0.5) is 0 Å². The zero-order valence-electron chi connectivity index (χ0n) is 23.0. The van der Waals surface area contributed by atoms with E-state index < -0.39 is 22.7 Å². The number of rotatable bonds is 3. The second kappa shape index (κ2) is 9.16. The average Bonchev–Trinajstić information content (AvgIpc) is 3.12. The smallest absolute Gasteiger partial charge is 0.343 e. The SMILES string of the molecule is CC(C)(C)c1cc(C(=O)Oc2cccc3ccc(C4C(=O)c5ccccc5C4=O)nc23)cc(C(C)(C)C)c1O. The van der Waals surface area contributed by atoms with Crippen LogP contribution < -0.4 is 4.74 Å². The molecule has 0 saturated carbocycles. The van der Waals surface area contributed by atoms with E-state index in [0.29, 0.717) is 44.4 Å². The number of benzene rings is 3. The second-order valence-electron chi connectivity index (χ2n) is 12.1. The third kappa shape index (κ3) is 4.60. The number of ether oxygens (including phenoxy) is 1. The Balaban J connectivity index is 1.55. The van der Waals surface area contributed by atoms with E-state index in [4.69, 9.17) is 4.74 Å². The van der Waals surface area contributed by atoms with Crippen molar-refractivity contribution in [2.45, 2.75) is 58.3 Å². The van der Waals surface area contributed by atoms with Crippen molar-refractivity contribution in [1.82, 2.24) is 4.98 Å². The summed E-state index contributed by atoms with van der Waals surface area (Å²) in [6.45, 7) is 11.9. The van der Waals surface area contributed by atoms with Gasteiger partial charge >= 0.3 is 5.97 Å². The second-order valence-corrected chi connectivity index (χ2v) is 12.1. The summed E-state index contributed by atoms with van der Waals surface area (Å²) >= 11 is 0. The Morgan fingerprint density at radius 3 is 1.90 bits per heavy atom. The van der Waals surface area contributed by atoms with Crippen LogP contribution in [0.5, 0.6) is 11.5 Å². The molecule has 0 bridgehead atoms. The number of hydrogen-bond acceptors (Lipinski definition) is 6. The van der Waals surface area contributed by atoms with Gasteiger partial charge in [-0.25, -0.2) is 9.78 Å². The van der Waals surface area contributed by atoms with Crippen molar-refractivity contribution in [3.63, 3.8) is 0 Å². The first-order valence-corrected chi connectivity index (χ1v) is 12.9. The molecule has 39 heavy (non-hydrogen) atoms. The number of carbonyl (C=O) groups is 3. The number of carbonyl (C=O) groups excluding carboxylic acids is 3. The van der Waals surface area contributed by atoms with Crippen molar-refractivity contribution in [2.75, 3.05) is 0 Å². The number of hydrogen-bond donors (Lipinski definition) is 1. The molecule has 5 rings (SSSR count). The van der Waals surface area contributed by atoms with Crippen molar-refractivity contribution in [1.29, 1.82) is 0 Å². The lowest BCUT2D eigenvalue weighted by atomic mass is 9.78. The quantitative estimate of drug-likeness (QED) is 0.179. The van der Waals surface area contributed by atoms with Gasteiger partial charge in [0.15, 0.2) is 17.3 Å². The molecule has 1 aliphatic rings. The zero-order valence-corrected chi connectivity index (χ0v) is 23.0. The van der Waals surface area contributed by atoms with Gasteiger partial charge in [0.2, 0.25) is 0 Å². The molecule has 6 nitrogen and oxygen atoms in total. The van der Waals surface area contributed by atoms with E-state index in [1.54, 1.807) is 60.7 Å². The number of Topliss-reactive ketones (excluding diaryl/α,β-unsaturated/α-hetero) is 2. The van der Waals surface area contributed by atoms with E-state index in [-0.39, 0.29) is 23.1 Å². The number of ketones is 2. The van der Waals surface area contributed by atoms with Crippen LogP contribution in [0.15, 0.2) is 66.7 Å². The predicted molar refractivity (Wildman–Crippen MR) is 150 cm³/mol. The number of para-hydroxylation sites is 1. The lowest BCUT2D eigenvalue weighted by molar-refractivity contribution is 0.0735. The summed E-state index contributed by atoms with van der Waals surface area (Å²) in [5, 5.41) is 11.7. The van der Waals surface area contributed by atoms with Gasteiger partial charge in [-0.15, -0.1) is 0 Å². The summed E-state index contributed by atoms with van der Waals surface area (Å²) in [5.41, 5.74) is 2.28. The molecule has 1 aliphatic carbocycles. The summed E-state index contributed by atoms with van der Waals surface area (Å²) in [5.74, 6) is -1.80. The molecule has 6 heteroatoms. The van der Waals surface area contributed by atoms with Gasteiger partial charge in [-0.05, 0) is 35.1 Å². The molecular formula is C33H31NO5. The zero-order chi connectivity index (χ0) is 28.3. The third-order valence-electron chi connectivity index (χ3n) is 7.15. The average molecular weight is 522 g/mol. The van der Waals surface area contributed by atoms with Gasteiger partial charge in [-0.2, -0.15) is 0 Å². The van der Waals surface area contributed by atoms with Gasteiger partial charge in [0.25, 0.3) is 0 Å². The van der Waals surface area contributed by atoms with E-state index in [0.717, 1.165) is 0 Å². The van der Waals surface area contributed by atoms with Crippen LogP contribution in [0.25, 0.3) is 10.9 Å². The summed E-state index contributed by atoms with van der Waals surface area (Å²) in [6.07, 6.45) is 0. The maximum Gasteiger partial charge on any atom is 0.343 e. The van der Waals surface area contributed by atoms with Crippen LogP contribution in [0, 0.1) is 0 Å². The molecule has 1 heterocycles. The maximum atomic E-state index is 13.5. The largest absolute Gasteiger partial charge is 0.507 e. The maximum absolute atomic E-state index is 13.5. The van der Waals surface area contributed by atoms with Gasteiger partial charge < -0.3 is 9.84 Å². The third-order valence-corrected chi connectivity index (χ3v) is 7.15. The first-order chi connectivity index (χ1) is 18.3. The molecule has 0 radical (unpaired) electrons. The van der Waals surface area contributed by atoms with Gasteiger partial charge in [0.1, 0.15) is 17.2 Å². The fourth-order valence-electron chi connectivity index (χ4n) is 5.04. The minimum Gasteiger partial charge on any atom is -0.507 e. The van der Waals surface area contributed by atoms with Crippen molar-refractivity contribution >= 4 is 28.4 Å². The van der Waals surface area contributed by atoms with Crippen LogP contribution in [0.3, 0.4) is 0 Å². The van der Waals surface area contributed by atoms with Gasteiger partial charge in [-0.3, -0.25) is 9.59 Å². The van der Waals surface area contributed by atoms with E-state index >= 15 is 0 Å². The van der Waals surface area contributed by atoms with Crippen LogP contribution in [-0.2, 0) is 10.8 Å². The van der Waals surface area contributed by atoms with E-state index in [2.05, 4.69) is 4.98 Å². The number of esters is 1. The monoisotopic (exact) mass is 521 g/mol. The molecule has 0 fully saturated rings. The Morgan fingerprint density at radius 2 is 1.36 bits per heavy atom. The predicted octanol–water partition coefficient (Wildman–Crippen LogP) is 6.92. The van der Waals surface area contributed by atoms with Crippen LogP contribution in [0.1, 0.15) is 95.4 Å². The Hall–Kier alpha value is -4.32. The topological polar surface area (TPSA) is 93.6 Å². The summed E-state index contributed by atoms with van der Waals surface area (Å²) in [7, 11) is 0. The summed E-state index contributed by atoms with van der Waals surface area (Å²) in [6, 6.07) is 18.8. The van der Waals surface area contributed by atoms with Crippen molar-refractivity contribution in [3.8, 4) is 11.5 Å². The Kier molecular flexibility index (Phi) is 6.17. The number of nitrogens with zero attached hydrogens (tertiary/aromatic N) is 1. The molecule has 3 aromatic carbocycles. The number of aromatic hydroxyl groups is 1. The Labute approximate surface area is 227 Å². The summed E-state index contributed by atoms with van der Waals surface area (Å²) < 4.78 is 5.87. The summed E-state index contributed by atoms with van der Waals surface area (Å²) in [4.78, 5) is 44.3. The molecule has 1 N–H and O–H groups in total. The normalized spacial score (nSPS) is 14.1. The van der Waals surface area contributed by atoms with E-state index in [9.17, 15) is 19.5 Å². The molecule has 0 aliphatic heterocycles. The first kappa shape index (κ1) is 26.3. The highest BCUT2D eigenvalue weighted by atomic mass is 16.5. The van der Waals surface area contributed by atoms with E-state index in [1.807, 2.05) is 47.6 Å². The minimum atomic E-state index is -1.03. The molecule has 0 amide bonds. The van der Waals surface area contributed by atoms with E-state index in [1.165, 1.54) is 0 Å². The fourth-order valence-corrected chi connectivity index (χ4v) is 5.04. The van der Waals surface area contributed by atoms with Crippen molar-refractivity contribution in [2.24, 2.45) is 0 Å². The minimum absolute atomic E-state index is 0.176. The van der Waals surface area contributed by atoms with Crippen LogP contribution in [-0.4, -0.2) is 27.6 Å². The number of phenols is 1. The molecular weight excluding hydrogens is 490 g/mol. The molecule has 4 aromatic rings. The lowest BCUT2D eigenvalue weighted by Crippen LogP contribution is -2.20. The van der Waals surface area contributed by atoms with Crippen LogP contribution in [0.2, 0.25) is 0 Å². The highest BCUT2D eigenvalue weighted by molar-refractivity contribution is 6.29. The van der Waals surface area contributed by atoms with Crippen molar-refractivity contribution in [3.05, 3.63) is 100 Å². The molecule has 0 atom stereocenters. The number of phenolic OH excluding ortho intramolecular Hbond substituents is 1. The van der Waals surface area contributed by atoms with Gasteiger partial charge in [-0.1, -0.05) is 84.0 Å². The van der Waals surface area contributed by atoms with Crippen LogP contribution >= 0.6 is 0 Å². The van der Waals surface area contributed by atoms with Gasteiger partial charge in [0.05, 0.1) is 11.3 Å². The Morgan fingerprint density at radius 1 is 0.795 bits per heavy atom. The van der Waals surface area contributed by atoms with Crippen molar-refractivity contribution < 1.29 is 24.2 Å². The Bertz CT molecular complexity index is 1600. The molecule has 0 saturated heterocycles. The lowest BCUT2D eigenvalue weighted by Gasteiger charge is -2.28. The number of aromatic nitrogens is 1. The number of fused-ring (bicyclic) bond motifs is 2. The fraction of sp³-hybridized carbons (Fsp3) is 0.273. The molecule has 0 unspecified atom stereocenters. The first-order valence-electron chi connectivity index (χ1n) is 12.9. The molecule has 0 spiro atoms. The number of pyridine rings is 1. The molecule has 198 valence electrons. The highest BCUT2D eigenvalue weighted by Gasteiger charge is 2.40.